The summed E-state index contributed by atoms with van der Waals surface area (Å²) in [6.07, 6.45) is 2.92. The fraction of sp³-hybridized carbons (Fsp3) is 0.455. The second kappa shape index (κ2) is 4.31. The summed E-state index contributed by atoms with van der Waals surface area (Å²) < 4.78 is 10.5. The fourth-order valence-corrected chi connectivity index (χ4v) is 2.03. The highest BCUT2D eigenvalue weighted by molar-refractivity contribution is 5.47. The minimum Gasteiger partial charge on any atom is -0.380 e. The van der Waals surface area contributed by atoms with Gasteiger partial charge in [-0.3, -0.25) is 0 Å². The van der Waals surface area contributed by atoms with Crippen molar-refractivity contribution in [1.29, 1.82) is 0 Å². The van der Waals surface area contributed by atoms with Crippen LogP contribution in [0.3, 0.4) is 0 Å². The van der Waals surface area contributed by atoms with Crippen LogP contribution in [0.2, 0.25) is 0 Å². The maximum absolute atomic E-state index is 5.28. The number of hydrogen-bond donors (Lipinski definition) is 2. The van der Waals surface area contributed by atoms with E-state index in [9.17, 15) is 0 Å². The summed E-state index contributed by atoms with van der Waals surface area (Å²) in [6, 6.07) is 3.91. The molecule has 1 saturated heterocycles. The van der Waals surface area contributed by atoms with E-state index >= 15 is 0 Å². The number of nitrogens with zero attached hydrogens (tertiary/aromatic N) is 2. The van der Waals surface area contributed by atoms with Crippen molar-refractivity contribution in [3.63, 3.8) is 0 Å². The summed E-state index contributed by atoms with van der Waals surface area (Å²) >= 11 is 0. The number of aromatic nitrogens is 3. The summed E-state index contributed by atoms with van der Waals surface area (Å²) in [4.78, 5) is 7.42. The molecule has 1 aliphatic heterocycles. The van der Waals surface area contributed by atoms with E-state index in [-0.39, 0.29) is 12.1 Å². The van der Waals surface area contributed by atoms with Crippen LogP contribution in [0.25, 0.3) is 11.5 Å². The third-order valence-electron chi connectivity index (χ3n) is 3.00. The lowest BCUT2D eigenvalue weighted by atomic mass is 10.2. The van der Waals surface area contributed by atoms with Gasteiger partial charge in [0, 0.05) is 19.9 Å². The minimum atomic E-state index is 0.0937. The molecule has 0 aliphatic carbocycles. The Morgan fingerprint density at radius 3 is 3.18 bits per heavy atom. The Hall–Kier alpha value is -1.66. The van der Waals surface area contributed by atoms with Crippen molar-refractivity contribution >= 4 is 0 Å². The lowest BCUT2D eigenvalue weighted by molar-refractivity contribution is 0.116. The quantitative estimate of drug-likeness (QED) is 0.832. The van der Waals surface area contributed by atoms with E-state index < -0.39 is 0 Å². The molecule has 3 rings (SSSR count). The maximum atomic E-state index is 5.28. The van der Waals surface area contributed by atoms with Crippen molar-refractivity contribution in [3.05, 3.63) is 24.2 Å². The molecule has 17 heavy (non-hydrogen) atoms. The van der Waals surface area contributed by atoms with Crippen LogP contribution in [0, 0.1) is 0 Å². The molecule has 0 amide bonds. The standard InChI is InChI=1S/C11H14N4O2/c1-16-7-5-9(13-6-7)11-14-10(15-17-11)8-3-2-4-12-8/h2-4,7,9,12-13H,5-6H2,1H3. The topological polar surface area (TPSA) is 76.0 Å². The van der Waals surface area contributed by atoms with E-state index in [1.165, 1.54) is 0 Å². The van der Waals surface area contributed by atoms with E-state index in [1.54, 1.807) is 7.11 Å². The van der Waals surface area contributed by atoms with Crippen LogP contribution < -0.4 is 5.32 Å². The first-order valence-electron chi connectivity index (χ1n) is 5.60. The summed E-state index contributed by atoms with van der Waals surface area (Å²) in [7, 11) is 1.72. The van der Waals surface area contributed by atoms with E-state index in [4.69, 9.17) is 9.26 Å². The van der Waals surface area contributed by atoms with E-state index in [0.29, 0.717) is 11.7 Å². The van der Waals surface area contributed by atoms with E-state index in [0.717, 1.165) is 18.7 Å². The average molecular weight is 234 g/mol. The summed E-state index contributed by atoms with van der Waals surface area (Å²) in [6.45, 7) is 0.821. The first kappa shape index (κ1) is 10.5. The highest BCUT2D eigenvalue weighted by Crippen LogP contribution is 2.25. The second-order valence-corrected chi connectivity index (χ2v) is 4.09. The predicted octanol–water partition coefficient (Wildman–Crippen LogP) is 1.11. The van der Waals surface area contributed by atoms with Crippen LogP contribution in [0.15, 0.2) is 22.9 Å². The zero-order valence-electron chi connectivity index (χ0n) is 9.51. The summed E-state index contributed by atoms with van der Waals surface area (Å²) in [5.41, 5.74) is 0.862. The Kier molecular flexibility index (Phi) is 2.66. The second-order valence-electron chi connectivity index (χ2n) is 4.09. The molecule has 2 aromatic heterocycles. The summed E-state index contributed by atoms with van der Waals surface area (Å²) in [5, 5.41) is 7.26. The molecule has 2 unspecified atom stereocenters. The molecule has 2 aromatic rings. The van der Waals surface area contributed by atoms with Gasteiger partial charge in [-0.2, -0.15) is 4.98 Å². The van der Waals surface area contributed by atoms with Crippen LogP contribution in [0.1, 0.15) is 18.4 Å². The van der Waals surface area contributed by atoms with Crippen molar-refractivity contribution in [3.8, 4) is 11.5 Å². The predicted molar refractivity (Wildman–Crippen MR) is 60.2 cm³/mol. The molecule has 90 valence electrons. The van der Waals surface area contributed by atoms with Gasteiger partial charge in [0.15, 0.2) is 0 Å². The van der Waals surface area contributed by atoms with Crippen LogP contribution in [0.4, 0.5) is 0 Å². The third kappa shape index (κ3) is 1.96. The Morgan fingerprint density at radius 2 is 2.47 bits per heavy atom. The SMILES string of the molecule is COC1CNC(c2nc(-c3ccc[nH]3)no2)C1. The molecule has 6 nitrogen and oxygen atoms in total. The van der Waals surface area contributed by atoms with Gasteiger partial charge in [0.25, 0.3) is 0 Å². The Bertz CT molecular complexity index is 479. The lowest BCUT2D eigenvalue weighted by Crippen LogP contribution is -2.16. The number of hydrogen-bond acceptors (Lipinski definition) is 5. The minimum absolute atomic E-state index is 0.0937. The smallest absolute Gasteiger partial charge is 0.244 e. The fourth-order valence-electron chi connectivity index (χ4n) is 2.03. The van der Waals surface area contributed by atoms with Crippen LogP contribution in [-0.4, -0.2) is 34.9 Å². The summed E-state index contributed by atoms with van der Waals surface area (Å²) in [5.74, 6) is 1.21. The number of nitrogens with one attached hydrogen (secondary N) is 2. The van der Waals surface area contributed by atoms with Crippen molar-refractivity contribution in [2.24, 2.45) is 0 Å². The van der Waals surface area contributed by atoms with Crippen molar-refractivity contribution in [2.75, 3.05) is 13.7 Å². The molecule has 2 N–H and O–H groups in total. The Balaban J connectivity index is 1.77. The molecule has 0 bridgehead atoms. The first-order valence-corrected chi connectivity index (χ1v) is 5.60. The highest BCUT2D eigenvalue weighted by atomic mass is 16.5. The van der Waals surface area contributed by atoms with Gasteiger partial charge in [-0.05, 0) is 18.6 Å². The van der Waals surface area contributed by atoms with Gasteiger partial charge in [0.05, 0.1) is 17.8 Å². The number of H-pyrrole nitrogens is 1. The Labute approximate surface area is 98.4 Å². The molecule has 0 saturated carbocycles. The first-order chi connectivity index (χ1) is 8.36. The number of aromatic amines is 1. The molecule has 1 fully saturated rings. The third-order valence-corrected chi connectivity index (χ3v) is 3.00. The lowest BCUT2D eigenvalue weighted by Gasteiger charge is -2.04. The van der Waals surface area contributed by atoms with Crippen LogP contribution in [0.5, 0.6) is 0 Å². The van der Waals surface area contributed by atoms with Gasteiger partial charge in [-0.25, -0.2) is 0 Å². The number of ether oxygens (including phenoxy) is 1. The maximum Gasteiger partial charge on any atom is 0.244 e. The van der Waals surface area contributed by atoms with Crippen molar-refractivity contribution in [1.82, 2.24) is 20.4 Å². The van der Waals surface area contributed by atoms with E-state index in [1.807, 2.05) is 18.3 Å². The molecular formula is C11H14N4O2. The monoisotopic (exact) mass is 234 g/mol. The Morgan fingerprint density at radius 1 is 1.53 bits per heavy atom. The number of methoxy groups -OCH3 is 1. The molecule has 6 heteroatoms. The van der Waals surface area contributed by atoms with E-state index in [2.05, 4.69) is 20.4 Å². The van der Waals surface area contributed by atoms with Crippen molar-refractivity contribution in [2.45, 2.75) is 18.6 Å². The average Bonchev–Trinajstić information content (AvgIpc) is 3.09. The molecular weight excluding hydrogens is 220 g/mol. The van der Waals surface area contributed by atoms with Gasteiger partial charge in [0.1, 0.15) is 0 Å². The molecule has 2 atom stereocenters. The molecule has 3 heterocycles. The van der Waals surface area contributed by atoms with Gasteiger partial charge < -0.3 is 19.6 Å². The van der Waals surface area contributed by atoms with Gasteiger partial charge >= 0.3 is 0 Å². The highest BCUT2D eigenvalue weighted by Gasteiger charge is 2.29. The normalized spacial score (nSPS) is 24.3. The largest absolute Gasteiger partial charge is 0.380 e. The number of rotatable bonds is 3. The van der Waals surface area contributed by atoms with Gasteiger partial charge in [-0.15, -0.1) is 0 Å². The molecule has 1 aliphatic rings. The van der Waals surface area contributed by atoms with Gasteiger partial charge in [-0.1, -0.05) is 5.16 Å². The molecule has 0 spiro atoms. The molecule has 0 aromatic carbocycles. The van der Waals surface area contributed by atoms with Crippen LogP contribution in [-0.2, 0) is 4.74 Å². The van der Waals surface area contributed by atoms with Crippen molar-refractivity contribution < 1.29 is 9.26 Å². The van der Waals surface area contributed by atoms with Crippen LogP contribution >= 0.6 is 0 Å². The van der Waals surface area contributed by atoms with Gasteiger partial charge in [0.2, 0.25) is 11.7 Å². The zero-order chi connectivity index (χ0) is 11.7. The molecule has 0 radical (unpaired) electrons. The zero-order valence-corrected chi connectivity index (χ0v) is 9.51.